The molecule has 1 N–H and O–H groups in total. The van der Waals surface area contributed by atoms with Gasteiger partial charge in [-0.3, -0.25) is 9.59 Å². The summed E-state index contributed by atoms with van der Waals surface area (Å²) in [7, 11) is 2.00. The van der Waals surface area contributed by atoms with Crippen LogP contribution in [-0.4, -0.2) is 22.0 Å². The second kappa shape index (κ2) is 18.1. The van der Waals surface area contributed by atoms with Crippen molar-refractivity contribution in [3.05, 3.63) is 119 Å². The molecule has 1 aliphatic carbocycles. The predicted octanol–water partition coefficient (Wildman–Crippen LogP) is 9.88. The molecule has 5 rings (SSSR count). The van der Waals surface area contributed by atoms with Gasteiger partial charge in [-0.05, 0) is 48.7 Å². The standard InChI is InChI=1S/C42H50N4O2/c1-3-4-5-6-7-8-9-10-11-12-13-14-16-23-32-30-40(46(2)39-29-22-21-26-34(32)39)45-44-38-31-37(41(47)36-28-20-19-27-35(36)38)42(48)43-33-24-17-15-18-25-33/h15,17-22,24-31H,3-14,16,23H2,1-2H3,(H,43,48). The number of para-hydroxylation sites is 2. The van der Waals surface area contributed by atoms with Crippen molar-refractivity contribution in [1.82, 2.24) is 4.57 Å². The van der Waals surface area contributed by atoms with Crippen LogP contribution in [0.2, 0.25) is 0 Å². The highest BCUT2D eigenvalue weighted by atomic mass is 16.2. The van der Waals surface area contributed by atoms with E-state index in [1.165, 1.54) is 88.0 Å². The van der Waals surface area contributed by atoms with Gasteiger partial charge in [-0.2, -0.15) is 0 Å². The fourth-order valence-electron chi connectivity index (χ4n) is 6.53. The number of carbonyl (C=O) groups excluding carboxylic acids is 2. The molecule has 0 atom stereocenters. The molecular formula is C42H50N4O2. The highest BCUT2D eigenvalue weighted by Crippen LogP contribution is 2.24. The maximum Gasteiger partial charge on any atom is 0.259 e. The number of Topliss-reactive ketones (excluding diaryl/α,β-unsaturated/α-hetero) is 1. The van der Waals surface area contributed by atoms with Gasteiger partial charge in [0.25, 0.3) is 5.91 Å². The highest BCUT2D eigenvalue weighted by molar-refractivity contribution is 6.37. The Morgan fingerprint density at radius 3 is 1.96 bits per heavy atom. The zero-order chi connectivity index (χ0) is 33.6. The largest absolute Gasteiger partial charge is 0.327 e. The predicted molar refractivity (Wildman–Crippen MR) is 198 cm³/mol. The van der Waals surface area contributed by atoms with Gasteiger partial charge in [-0.15, -0.1) is 10.2 Å². The van der Waals surface area contributed by atoms with Gasteiger partial charge < -0.3 is 9.88 Å². The number of aromatic nitrogens is 1. The number of amides is 1. The second-order valence-corrected chi connectivity index (χ2v) is 12.9. The van der Waals surface area contributed by atoms with Gasteiger partial charge >= 0.3 is 0 Å². The Labute approximate surface area is 285 Å². The van der Waals surface area contributed by atoms with Gasteiger partial charge in [0.05, 0.1) is 11.3 Å². The first-order valence-corrected chi connectivity index (χ1v) is 18.0. The summed E-state index contributed by atoms with van der Waals surface area (Å²) in [4.78, 5) is 26.6. The minimum Gasteiger partial charge on any atom is -0.327 e. The normalized spacial score (nSPS) is 14.0. The molecule has 3 aromatic carbocycles. The van der Waals surface area contributed by atoms with Crippen molar-refractivity contribution in [3.63, 3.8) is 0 Å². The summed E-state index contributed by atoms with van der Waals surface area (Å²) in [5, 5.41) is 13.5. The Hall–Kier alpha value is -4.58. The van der Waals surface area contributed by atoms with Crippen LogP contribution >= 0.6 is 0 Å². The third-order valence-corrected chi connectivity index (χ3v) is 9.32. The number of ketones is 1. The lowest BCUT2D eigenvalue weighted by Crippen LogP contribution is -2.26. The number of pyridine rings is 1. The number of rotatable bonds is 17. The molecule has 0 radical (unpaired) electrons. The summed E-state index contributed by atoms with van der Waals surface area (Å²) in [5.74, 6) is -0.793. The van der Waals surface area contributed by atoms with E-state index in [1.807, 2.05) is 37.4 Å². The third kappa shape index (κ3) is 9.27. The van der Waals surface area contributed by atoms with E-state index in [4.69, 9.17) is 5.10 Å². The van der Waals surface area contributed by atoms with Crippen molar-refractivity contribution >= 4 is 34.0 Å². The average molecular weight is 643 g/mol. The van der Waals surface area contributed by atoms with E-state index < -0.39 is 5.91 Å². The van der Waals surface area contributed by atoms with E-state index in [0.29, 0.717) is 22.5 Å². The minimum absolute atomic E-state index is 0.0393. The molecular weight excluding hydrogens is 592 g/mol. The molecule has 1 aliphatic rings. The Bertz CT molecular complexity index is 1820. The highest BCUT2D eigenvalue weighted by Gasteiger charge is 2.28. The number of anilines is 1. The van der Waals surface area contributed by atoms with Gasteiger partial charge in [0, 0.05) is 34.8 Å². The third-order valence-electron chi connectivity index (χ3n) is 9.32. The number of fused-ring (bicyclic) bond motifs is 2. The average Bonchev–Trinajstić information content (AvgIpc) is 3.12. The summed E-state index contributed by atoms with van der Waals surface area (Å²) < 4.78 is 2.05. The van der Waals surface area contributed by atoms with Crippen molar-refractivity contribution in [2.45, 2.75) is 96.8 Å². The topological polar surface area (TPSA) is 75.8 Å². The number of allylic oxidation sites excluding steroid dienone is 1. The van der Waals surface area contributed by atoms with E-state index >= 15 is 0 Å². The molecule has 0 fully saturated rings. The molecule has 48 heavy (non-hydrogen) atoms. The van der Waals surface area contributed by atoms with Crippen molar-refractivity contribution < 1.29 is 9.59 Å². The first kappa shape index (κ1) is 34.7. The summed E-state index contributed by atoms with van der Waals surface area (Å²) in [6, 6.07) is 27.0. The molecule has 1 amide bonds. The van der Waals surface area contributed by atoms with Gasteiger partial charge in [-0.1, -0.05) is 145 Å². The van der Waals surface area contributed by atoms with Crippen LogP contribution < -0.4 is 10.8 Å². The van der Waals surface area contributed by atoms with Crippen LogP contribution in [0.1, 0.15) is 112 Å². The molecule has 0 bridgehead atoms. The number of nitrogens with one attached hydrogen (secondary N) is 1. The van der Waals surface area contributed by atoms with E-state index in [-0.39, 0.29) is 11.4 Å². The number of aryl methyl sites for hydroxylation is 2. The van der Waals surface area contributed by atoms with E-state index in [2.05, 4.69) is 52.2 Å². The molecule has 6 nitrogen and oxygen atoms in total. The Kier molecular flexibility index (Phi) is 13.1. The molecule has 4 aromatic rings. The quantitative estimate of drug-likeness (QED) is 0.0707. The molecule has 1 aromatic heterocycles. The Morgan fingerprint density at radius 1 is 0.688 bits per heavy atom. The maximum absolute atomic E-state index is 13.4. The fourth-order valence-corrected chi connectivity index (χ4v) is 6.53. The number of hydrogen-bond donors (Lipinski definition) is 1. The van der Waals surface area contributed by atoms with Crippen LogP contribution in [-0.2, 0) is 18.3 Å². The van der Waals surface area contributed by atoms with Crippen LogP contribution in [0, 0.1) is 0 Å². The van der Waals surface area contributed by atoms with Crippen molar-refractivity contribution in [3.8, 4) is 0 Å². The lowest BCUT2D eigenvalue weighted by atomic mass is 9.88. The van der Waals surface area contributed by atoms with Crippen LogP contribution in [0.25, 0.3) is 10.9 Å². The number of unbranched alkanes of at least 4 members (excludes halogenated alkanes) is 12. The molecule has 6 heteroatoms. The summed E-state index contributed by atoms with van der Waals surface area (Å²) in [6.07, 6.45) is 19.9. The minimum atomic E-state index is -0.468. The van der Waals surface area contributed by atoms with Gasteiger partial charge in [0.15, 0.2) is 11.3 Å². The van der Waals surface area contributed by atoms with Crippen molar-refractivity contribution in [1.29, 1.82) is 0 Å². The Morgan fingerprint density at radius 2 is 1.27 bits per heavy atom. The van der Waals surface area contributed by atoms with E-state index in [9.17, 15) is 9.59 Å². The summed E-state index contributed by atoms with van der Waals surface area (Å²) >= 11 is 0. The first-order valence-electron chi connectivity index (χ1n) is 18.0. The first-order chi connectivity index (χ1) is 23.6. The molecule has 0 spiro atoms. The fraction of sp³-hybridized carbons (Fsp3) is 0.381. The molecule has 0 saturated heterocycles. The van der Waals surface area contributed by atoms with Crippen LogP contribution in [0.4, 0.5) is 5.69 Å². The lowest BCUT2D eigenvalue weighted by Gasteiger charge is -2.16. The summed E-state index contributed by atoms with van der Waals surface area (Å²) in [6.45, 7) is 2.28. The Balaban J connectivity index is 1.28. The van der Waals surface area contributed by atoms with Gasteiger partial charge in [-0.25, -0.2) is 0 Å². The maximum atomic E-state index is 13.4. The zero-order valence-corrected chi connectivity index (χ0v) is 28.7. The molecule has 0 aliphatic heterocycles. The number of carbonyl (C=O) groups is 2. The number of hydrogen-bond acceptors (Lipinski definition) is 4. The van der Waals surface area contributed by atoms with Crippen LogP contribution in [0.15, 0.2) is 107 Å². The number of nitrogens with zero attached hydrogens (tertiary/aromatic N) is 3. The van der Waals surface area contributed by atoms with E-state index in [0.717, 1.165) is 23.8 Å². The smallest absolute Gasteiger partial charge is 0.259 e. The summed E-state index contributed by atoms with van der Waals surface area (Å²) in [5.41, 5.74) is 5.34. The van der Waals surface area contributed by atoms with Crippen LogP contribution in [0.3, 0.4) is 0 Å². The lowest BCUT2D eigenvalue weighted by molar-refractivity contribution is -0.112. The van der Waals surface area contributed by atoms with Crippen LogP contribution in [0.5, 0.6) is 0 Å². The molecule has 0 saturated carbocycles. The molecule has 0 unspecified atom stereocenters. The monoisotopic (exact) mass is 642 g/mol. The molecule has 1 heterocycles. The van der Waals surface area contributed by atoms with Crippen molar-refractivity contribution in [2.75, 3.05) is 5.32 Å². The van der Waals surface area contributed by atoms with Gasteiger partial charge in [0.1, 0.15) is 0 Å². The van der Waals surface area contributed by atoms with Gasteiger partial charge in [0.2, 0.25) is 0 Å². The van der Waals surface area contributed by atoms with Crippen molar-refractivity contribution in [2.24, 2.45) is 17.3 Å². The zero-order valence-electron chi connectivity index (χ0n) is 28.7. The number of benzene rings is 3. The SMILES string of the molecule is CCCCCCCCCCCCCCCc1cc(=NN=C2C=C(C(=O)Nc3ccccc3)C(=O)c3ccccc32)n(C)c2ccccc12. The van der Waals surface area contributed by atoms with E-state index in [1.54, 1.807) is 30.3 Å². The second-order valence-electron chi connectivity index (χ2n) is 12.9. The molecule has 250 valence electrons.